The third-order valence-electron chi connectivity index (χ3n) is 2.14. The molecule has 2 rings (SSSR count). The van der Waals surface area contributed by atoms with Gasteiger partial charge in [0.2, 0.25) is 0 Å². The van der Waals surface area contributed by atoms with Crippen molar-refractivity contribution in [1.29, 1.82) is 0 Å². The van der Waals surface area contributed by atoms with Crippen LogP contribution in [0.15, 0.2) is 34.1 Å². The Kier molecular flexibility index (Phi) is 3.81. The molecule has 0 saturated carbocycles. The first kappa shape index (κ1) is 12.5. The molecule has 2 aromatic rings. The van der Waals surface area contributed by atoms with Gasteiger partial charge in [0, 0.05) is 12.4 Å². The fourth-order valence-corrected chi connectivity index (χ4v) is 1.91. The lowest BCUT2D eigenvalue weighted by Crippen LogP contribution is -2.22. The fraction of sp³-hybridized carbons (Fsp3) is 0.100. The Labute approximate surface area is 115 Å². The Balaban J connectivity index is 2.41. The zero-order chi connectivity index (χ0) is 12.4. The van der Waals surface area contributed by atoms with Gasteiger partial charge < -0.3 is 0 Å². The molecule has 0 saturated heterocycles. The van der Waals surface area contributed by atoms with Gasteiger partial charge in [-0.05, 0) is 27.6 Å². The average Bonchev–Trinajstić information content (AvgIpc) is 2.32. The SMILES string of the molecule is O=c1c(Br)c(Cl)ncn1Cc1ccncc1Cl. The minimum Gasteiger partial charge on any atom is -0.294 e. The molecule has 0 fully saturated rings. The minimum absolute atomic E-state index is 0.145. The van der Waals surface area contributed by atoms with Crippen molar-refractivity contribution in [3.63, 3.8) is 0 Å². The molecule has 0 atom stereocenters. The molecule has 0 N–H and O–H groups in total. The van der Waals surface area contributed by atoms with E-state index in [-0.39, 0.29) is 15.2 Å². The maximum absolute atomic E-state index is 11.8. The second-order valence-corrected chi connectivity index (χ2v) is 4.81. The van der Waals surface area contributed by atoms with Gasteiger partial charge in [-0.3, -0.25) is 14.3 Å². The van der Waals surface area contributed by atoms with E-state index in [0.717, 1.165) is 5.56 Å². The van der Waals surface area contributed by atoms with E-state index in [1.807, 2.05) is 0 Å². The van der Waals surface area contributed by atoms with Gasteiger partial charge in [0.1, 0.15) is 4.47 Å². The van der Waals surface area contributed by atoms with Crippen molar-refractivity contribution < 1.29 is 0 Å². The van der Waals surface area contributed by atoms with Gasteiger partial charge in [0.05, 0.1) is 17.9 Å². The summed E-state index contributed by atoms with van der Waals surface area (Å²) in [6, 6.07) is 1.75. The second-order valence-electron chi connectivity index (χ2n) is 3.25. The Morgan fingerprint density at radius 3 is 2.88 bits per heavy atom. The molecule has 0 aliphatic carbocycles. The highest BCUT2D eigenvalue weighted by Crippen LogP contribution is 2.16. The lowest BCUT2D eigenvalue weighted by Gasteiger charge is -2.07. The Hall–Kier alpha value is -0.910. The Morgan fingerprint density at radius 1 is 1.41 bits per heavy atom. The molecule has 0 aliphatic rings. The summed E-state index contributed by atoms with van der Waals surface area (Å²) in [5, 5.41) is 0.651. The van der Waals surface area contributed by atoms with E-state index in [1.165, 1.54) is 17.1 Å². The molecule has 2 heterocycles. The van der Waals surface area contributed by atoms with E-state index in [9.17, 15) is 4.79 Å². The molecule has 0 amide bonds. The summed E-state index contributed by atoms with van der Waals surface area (Å²) in [5.74, 6) is 0. The number of rotatable bonds is 2. The molecule has 88 valence electrons. The van der Waals surface area contributed by atoms with Crippen molar-refractivity contribution >= 4 is 39.1 Å². The van der Waals surface area contributed by atoms with Crippen molar-refractivity contribution in [3.8, 4) is 0 Å². The largest absolute Gasteiger partial charge is 0.294 e. The molecule has 17 heavy (non-hydrogen) atoms. The summed E-state index contributed by atoms with van der Waals surface area (Å²) >= 11 is 14.8. The highest BCUT2D eigenvalue weighted by Gasteiger charge is 2.08. The first-order chi connectivity index (χ1) is 8.09. The van der Waals surface area contributed by atoms with Crippen molar-refractivity contribution in [3.05, 3.63) is 55.4 Å². The van der Waals surface area contributed by atoms with Crippen molar-refractivity contribution in [2.45, 2.75) is 6.54 Å². The van der Waals surface area contributed by atoms with Crippen LogP contribution in [0.25, 0.3) is 0 Å². The average molecular weight is 335 g/mol. The van der Waals surface area contributed by atoms with Crippen LogP contribution in [0.1, 0.15) is 5.56 Å². The van der Waals surface area contributed by atoms with Gasteiger partial charge in [-0.25, -0.2) is 4.98 Å². The molecule has 7 heteroatoms. The van der Waals surface area contributed by atoms with Crippen LogP contribution in [0.2, 0.25) is 10.2 Å². The van der Waals surface area contributed by atoms with Crippen LogP contribution in [0.4, 0.5) is 0 Å². The van der Waals surface area contributed by atoms with Crippen LogP contribution in [0.5, 0.6) is 0 Å². The summed E-state index contributed by atoms with van der Waals surface area (Å²) in [6.45, 7) is 0.322. The highest BCUT2D eigenvalue weighted by atomic mass is 79.9. The maximum Gasteiger partial charge on any atom is 0.269 e. The van der Waals surface area contributed by atoms with Crippen LogP contribution in [0.3, 0.4) is 0 Å². The van der Waals surface area contributed by atoms with Gasteiger partial charge in [-0.15, -0.1) is 0 Å². The lowest BCUT2D eigenvalue weighted by atomic mass is 10.2. The number of halogens is 3. The Morgan fingerprint density at radius 2 is 2.18 bits per heavy atom. The van der Waals surface area contributed by atoms with E-state index < -0.39 is 0 Å². The van der Waals surface area contributed by atoms with E-state index >= 15 is 0 Å². The smallest absolute Gasteiger partial charge is 0.269 e. The van der Waals surface area contributed by atoms with Gasteiger partial charge in [0.15, 0.2) is 5.15 Å². The van der Waals surface area contributed by atoms with Crippen LogP contribution in [-0.2, 0) is 6.54 Å². The summed E-state index contributed by atoms with van der Waals surface area (Å²) in [7, 11) is 0. The van der Waals surface area contributed by atoms with Crippen LogP contribution < -0.4 is 5.56 Å². The van der Waals surface area contributed by atoms with Gasteiger partial charge in [-0.1, -0.05) is 23.2 Å². The zero-order valence-electron chi connectivity index (χ0n) is 8.40. The molecule has 0 aromatic carbocycles. The first-order valence-electron chi connectivity index (χ1n) is 4.58. The van der Waals surface area contributed by atoms with Gasteiger partial charge >= 0.3 is 0 Å². The predicted octanol–water partition coefficient (Wildman–Crippen LogP) is 2.76. The monoisotopic (exact) mass is 333 g/mol. The topological polar surface area (TPSA) is 47.8 Å². The molecule has 0 unspecified atom stereocenters. The minimum atomic E-state index is -0.252. The molecule has 0 aliphatic heterocycles. The summed E-state index contributed by atoms with van der Waals surface area (Å²) in [4.78, 5) is 19.6. The fourth-order valence-electron chi connectivity index (χ4n) is 1.27. The van der Waals surface area contributed by atoms with Gasteiger partial charge in [-0.2, -0.15) is 0 Å². The molecule has 2 aromatic heterocycles. The highest BCUT2D eigenvalue weighted by molar-refractivity contribution is 9.10. The van der Waals surface area contributed by atoms with E-state index in [4.69, 9.17) is 23.2 Å². The van der Waals surface area contributed by atoms with Gasteiger partial charge in [0.25, 0.3) is 5.56 Å². The molecular formula is C10H6BrCl2N3O. The van der Waals surface area contributed by atoms with E-state index in [1.54, 1.807) is 12.3 Å². The van der Waals surface area contributed by atoms with Crippen LogP contribution >= 0.6 is 39.1 Å². The molecule has 0 radical (unpaired) electrons. The molecular weight excluding hydrogens is 329 g/mol. The second kappa shape index (κ2) is 5.16. The lowest BCUT2D eigenvalue weighted by molar-refractivity contribution is 0.730. The predicted molar refractivity (Wildman–Crippen MR) is 69.6 cm³/mol. The Bertz CT molecular complexity index is 615. The number of aromatic nitrogens is 3. The van der Waals surface area contributed by atoms with Crippen molar-refractivity contribution in [2.24, 2.45) is 0 Å². The van der Waals surface area contributed by atoms with E-state index in [2.05, 4.69) is 25.9 Å². The third-order valence-corrected chi connectivity index (χ3v) is 3.71. The van der Waals surface area contributed by atoms with Crippen molar-refractivity contribution in [2.75, 3.05) is 0 Å². The summed E-state index contributed by atoms with van der Waals surface area (Å²) in [6.07, 6.45) is 4.52. The molecule has 4 nitrogen and oxygen atoms in total. The standard InChI is InChI=1S/C10H6BrCl2N3O/c11-8-9(13)15-5-16(10(8)17)4-6-1-2-14-3-7(6)12/h1-3,5H,4H2. The summed E-state index contributed by atoms with van der Waals surface area (Å²) < 4.78 is 1.66. The number of hydrogen-bond donors (Lipinski definition) is 0. The third kappa shape index (κ3) is 2.68. The number of hydrogen-bond acceptors (Lipinski definition) is 3. The first-order valence-corrected chi connectivity index (χ1v) is 6.13. The number of pyridine rings is 1. The maximum atomic E-state index is 11.8. The zero-order valence-corrected chi connectivity index (χ0v) is 11.5. The quantitative estimate of drug-likeness (QED) is 0.793. The summed E-state index contributed by atoms with van der Waals surface area (Å²) in [5.41, 5.74) is 0.540. The molecule has 0 bridgehead atoms. The molecule has 0 spiro atoms. The van der Waals surface area contributed by atoms with Crippen LogP contribution in [-0.4, -0.2) is 14.5 Å². The normalized spacial score (nSPS) is 10.5. The van der Waals surface area contributed by atoms with Crippen molar-refractivity contribution in [1.82, 2.24) is 14.5 Å². The van der Waals surface area contributed by atoms with Crippen LogP contribution in [0, 0.1) is 0 Å². The number of nitrogens with zero attached hydrogens (tertiary/aromatic N) is 3. The van der Waals surface area contributed by atoms with E-state index in [0.29, 0.717) is 11.6 Å².